The third-order valence-electron chi connectivity index (χ3n) is 4.01. The van der Waals surface area contributed by atoms with Crippen LogP contribution in [0.5, 0.6) is 5.75 Å². The lowest BCUT2D eigenvalue weighted by molar-refractivity contribution is 0.0495. The fourth-order valence-corrected chi connectivity index (χ4v) is 2.41. The second kappa shape index (κ2) is 7.04. The zero-order chi connectivity index (χ0) is 14.5. The van der Waals surface area contributed by atoms with E-state index in [1.807, 2.05) is 14.0 Å². The zero-order valence-electron chi connectivity index (χ0n) is 12.5. The van der Waals surface area contributed by atoms with Gasteiger partial charge in [0.15, 0.2) is 0 Å². The maximum absolute atomic E-state index is 13.8. The van der Waals surface area contributed by atoms with Gasteiger partial charge in [0.25, 0.3) is 0 Å². The first-order valence-electron chi connectivity index (χ1n) is 7.29. The maximum Gasteiger partial charge on any atom is 0.126 e. The normalized spacial score (nSPS) is 18.0. The van der Waals surface area contributed by atoms with Crippen LogP contribution >= 0.6 is 0 Å². The van der Waals surface area contributed by atoms with E-state index >= 15 is 0 Å². The number of rotatable bonds is 5. The quantitative estimate of drug-likeness (QED) is 0.899. The first-order chi connectivity index (χ1) is 9.61. The van der Waals surface area contributed by atoms with E-state index in [1.54, 1.807) is 19.1 Å². The van der Waals surface area contributed by atoms with Crippen LogP contribution in [0.2, 0.25) is 0 Å². The van der Waals surface area contributed by atoms with Crippen LogP contribution in [0.25, 0.3) is 0 Å². The molecule has 4 heteroatoms. The Bertz CT molecular complexity index is 444. The molecule has 1 fully saturated rings. The predicted molar refractivity (Wildman–Crippen MR) is 77.6 cm³/mol. The van der Waals surface area contributed by atoms with Gasteiger partial charge >= 0.3 is 0 Å². The fourth-order valence-electron chi connectivity index (χ4n) is 2.41. The fraction of sp³-hybridized carbons (Fsp3) is 0.625. The monoisotopic (exact) mass is 281 g/mol. The summed E-state index contributed by atoms with van der Waals surface area (Å²) in [5.74, 6) is 1.14. The third-order valence-corrected chi connectivity index (χ3v) is 4.01. The van der Waals surface area contributed by atoms with Crippen LogP contribution in [0.15, 0.2) is 12.1 Å². The minimum absolute atomic E-state index is 0.0646. The van der Waals surface area contributed by atoms with E-state index in [1.165, 1.54) is 0 Å². The highest BCUT2D eigenvalue weighted by atomic mass is 19.1. The van der Waals surface area contributed by atoms with Gasteiger partial charge in [-0.1, -0.05) is 0 Å². The van der Waals surface area contributed by atoms with Crippen molar-refractivity contribution in [1.82, 2.24) is 5.32 Å². The van der Waals surface area contributed by atoms with Crippen LogP contribution in [0.3, 0.4) is 0 Å². The summed E-state index contributed by atoms with van der Waals surface area (Å²) in [5, 5.41) is 3.14. The molecule has 0 aromatic heterocycles. The Labute approximate surface area is 120 Å². The van der Waals surface area contributed by atoms with Crippen LogP contribution in [-0.4, -0.2) is 26.9 Å². The van der Waals surface area contributed by atoms with Crippen molar-refractivity contribution in [2.75, 3.05) is 26.9 Å². The van der Waals surface area contributed by atoms with Gasteiger partial charge in [0.1, 0.15) is 11.6 Å². The van der Waals surface area contributed by atoms with E-state index in [-0.39, 0.29) is 11.9 Å². The highest BCUT2D eigenvalue weighted by molar-refractivity contribution is 5.40. The third kappa shape index (κ3) is 3.70. The summed E-state index contributed by atoms with van der Waals surface area (Å²) in [6, 6.07) is 3.45. The summed E-state index contributed by atoms with van der Waals surface area (Å²) in [7, 11) is 1.87. The standard InChI is InChI=1S/C16H24FNO2/c1-11-8-16(14(9-15(11)17)12(2)18-3)20-10-13-4-6-19-7-5-13/h8-9,12-13,18H,4-7,10H2,1-3H3. The molecule has 0 amide bonds. The first-order valence-corrected chi connectivity index (χ1v) is 7.29. The highest BCUT2D eigenvalue weighted by Crippen LogP contribution is 2.29. The van der Waals surface area contributed by atoms with E-state index < -0.39 is 0 Å². The lowest BCUT2D eigenvalue weighted by atomic mass is 10.0. The van der Waals surface area contributed by atoms with Gasteiger partial charge in [0, 0.05) is 24.8 Å². The summed E-state index contributed by atoms with van der Waals surface area (Å²) < 4.78 is 25.1. The molecule has 20 heavy (non-hydrogen) atoms. The minimum Gasteiger partial charge on any atom is -0.493 e. The molecule has 112 valence electrons. The number of ether oxygens (including phenoxy) is 2. The van der Waals surface area contributed by atoms with E-state index in [2.05, 4.69) is 5.32 Å². The molecule has 0 saturated carbocycles. The molecule has 1 atom stereocenters. The number of aryl methyl sites for hydroxylation is 1. The molecular weight excluding hydrogens is 257 g/mol. The van der Waals surface area contributed by atoms with E-state index in [0.29, 0.717) is 18.1 Å². The molecule has 0 aliphatic carbocycles. The molecule has 0 spiro atoms. The summed E-state index contributed by atoms with van der Waals surface area (Å²) in [6.45, 7) is 6.08. The Hall–Kier alpha value is -1.13. The molecule has 1 heterocycles. The molecule has 3 nitrogen and oxygen atoms in total. The maximum atomic E-state index is 13.8. The largest absolute Gasteiger partial charge is 0.493 e. The van der Waals surface area contributed by atoms with Crippen molar-refractivity contribution in [3.05, 3.63) is 29.1 Å². The van der Waals surface area contributed by atoms with Crippen molar-refractivity contribution in [3.8, 4) is 5.75 Å². The van der Waals surface area contributed by atoms with Crippen molar-refractivity contribution in [3.63, 3.8) is 0 Å². The van der Waals surface area contributed by atoms with E-state index in [9.17, 15) is 4.39 Å². The van der Waals surface area contributed by atoms with Gasteiger partial charge in [0.05, 0.1) is 6.61 Å². The molecule has 0 bridgehead atoms. The molecule has 1 saturated heterocycles. The van der Waals surface area contributed by atoms with Gasteiger partial charge < -0.3 is 14.8 Å². The number of benzene rings is 1. The molecule has 1 unspecified atom stereocenters. The van der Waals surface area contributed by atoms with Gasteiger partial charge in [0.2, 0.25) is 0 Å². The highest BCUT2D eigenvalue weighted by Gasteiger charge is 2.17. The summed E-state index contributed by atoms with van der Waals surface area (Å²) in [5.41, 5.74) is 1.50. The molecule has 0 radical (unpaired) electrons. The van der Waals surface area contributed by atoms with Crippen molar-refractivity contribution in [2.24, 2.45) is 5.92 Å². The average Bonchev–Trinajstić information content (AvgIpc) is 2.48. The van der Waals surface area contributed by atoms with Gasteiger partial charge in [-0.2, -0.15) is 0 Å². The van der Waals surface area contributed by atoms with Crippen LogP contribution in [0.4, 0.5) is 4.39 Å². The Morgan fingerprint density at radius 1 is 1.40 bits per heavy atom. The molecule has 1 aliphatic rings. The van der Waals surface area contributed by atoms with E-state index in [0.717, 1.165) is 37.4 Å². The Morgan fingerprint density at radius 3 is 2.75 bits per heavy atom. The van der Waals surface area contributed by atoms with E-state index in [4.69, 9.17) is 9.47 Å². The Balaban J connectivity index is 2.10. The summed E-state index contributed by atoms with van der Waals surface area (Å²) in [6.07, 6.45) is 2.08. The first kappa shape index (κ1) is 15.3. The molecule has 1 aromatic carbocycles. The predicted octanol–water partition coefficient (Wildman–Crippen LogP) is 3.22. The van der Waals surface area contributed by atoms with Gasteiger partial charge in [-0.15, -0.1) is 0 Å². The minimum atomic E-state index is -0.180. The Morgan fingerprint density at radius 2 is 2.10 bits per heavy atom. The second-order valence-electron chi connectivity index (χ2n) is 5.52. The SMILES string of the molecule is CNC(C)c1cc(F)c(C)cc1OCC1CCOCC1. The van der Waals surface area contributed by atoms with Crippen LogP contribution in [0, 0.1) is 18.7 Å². The molecule has 1 N–H and O–H groups in total. The van der Waals surface area contributed by atoms with Crippen LogP contribution in [0.1, 0.15) is 36.9 Å². The molecule has 1 aliphatic heterocycles. The number of hydrogen-bond donors (Lipinski definition) is 1. The summed E-state index contributed by atoms with van der Waals surface area (Å²) >= 11 is 0. The van der Waals surface area contributed by atoms with Crippen LogP contribution in [-0.2, 0) is 4.74 Å². The summed E-state index contributed by atoms with van der Waals surface area (Å²) in [4.78, 5) is 0. The van der Waals surface area contributed by atoms with Crippen molar-refractivity contribution >= 4 is 0 Å². The smallest absolute Gasteiger partial charge is 0.126 e. The van der Waals surface area contributed by atoms with Gasteiger partial charge in [-0.25, -0.2) is 4.39 Å². The van der Waals surface area contributed by atoms with Gasteiger partial charge in [-0.05, 0) is 57.4 Å². The average molecular weight is 281 g/mol. The molecule has 2 rings (SSSR count). The topological polar surface area (TPSA) is 30.5 Å². The van der Waals surface area contributed by atoms with Crippen molar-refractivity contribution < 1.29 is 13.9 Å². The lowest BCUT2D eigenvalue weighted by Crippen LogP contribution is -2.22. The number of hydrogen-bond acceptors (Lipinski definition) is 3. The Kier molecular flexibility index (Phi) is 5.38. The zero-order valence-corrected chi connectivity index (χ0v) is 12.5. The lowest BCUT2D eigenvalue weighted by Gasteiger charge is -2.24. The van der Waals surface area contributed by atoms with Crippen LogP contribution < -0.4 is 10.1 Å². The van der Waals surface area contributed by atoms with Crippen molar-refractivity contribution in [2.45, 2.75) is 32.7 Å². The molecular formula is C16H24FNO2. The van der Waals surface area contributed by atoms with Crippen molar-refractivity contribution in [1.29, 1.82) is 0 Å². The second-order valence-corrected chi connectivity index (χ2v) is 5.52. The molecule has 1 aromatic rings. The number of nitrogens with one attached hydrogen (secondary N) is 1. The number of halogens is 1. The van der Waals surface area contributed by atoms with Gasteiger partial charge in [-0.3, -0.25) is 0 Å².